The van der Waals surface area contributed by atoms with Crippen LogP contribution in [0.2, 0.25) is 0 Å². The molecule has 2 heterocycles. The Balaban J connectivity index is 1.86. The summed E-state index contributed by atoms with van der Waals surface area (Å²) in [4.78, 5) is 11.8. The molecule has 0 amide bonds. The average Bonchev–Trinajstić information content (AvgIpc) is 2.92. The van der Waals surface area contributed by atoms with E-state index in [0.29, 0.717) is 27.2 Å². The highest BCUT2D eigenvalue weighted by Gasteiger charge is 2.10. The highest BCUT2D eigenvalue weighted by atomic mass is 32.1. The van der Waals surface area contributed by atoms with E-state index in [2.05, 4.69) is 27.3 Å². The van der Waals surface area contributed by atoms with E-state index in [1.54, 1.807) is 18.2 Å². The summed E-state index contributed by atoms with van der Waals surface area (Å²) in [6.45, 7) is 3.14. The number of aromatic amines is 2. The van der Waals surface area contributed by atoms with Crippen LogP contribution in [0.4, 0.5) is 0 Å². The maximum Gasteiger partial charge on any atom is 0.272 e. The van der Waals surface area contributed by atoms with E-state index in [1.165, 1.54) is 0 Å². The predicted octanol–water partition coefficient (Wildman–Crippen LogP) is 2.56. The van der Waals surface area contributed by atoms with Crippen LogP contribution in [0.15, 0.2) is 29.1 Å². The van der Waals surface area contributed by atoms with Gasteiger partial charge in [0.05, 0.1) is 10.8 Å². The Kier molecular flexibility index (Phi) is 4.52. The minimum absolute atomic E-state index is 0.222. The number of benzene rings is 1. The number of fused-ring (bicyclic) bond motifs is 1. The second kappa shape index (κ2) is 6.74. The molecule has 0 saturated heterocycles. The molecule has 1 aromatic carbocycles. The van der Waals surface area contributed by atoms with E-state index in [-0.39, 0.29) is 12.2 Å². The van der Waals surface area contributed by atoms with Gasteiger partial charge in [0.2, 0.25) is 5.88 Å². The highest BCUT2D eigenvalue weighted by Crippen LogP contribution is 2.20. The maximum atomic E-state index is 11.8. The Morgan fingerprint density at radius 3 is 2.78 bits per heavy atom. The fourth-order valence-electron chi connectivity index (χ4n) is 2.34. The molecule has 2 N–H and O–H groups in total. The summed E-state index contributed by atoms with van der Waals surface area (Å²) in [6, 6.07) is 7.19. The first-order valence-corrected chi connectivity index (χ1v) is 7.86. The van der Waals surface area contributed by atoms with Crippen LogP contribution in [0.25, 0.3) is 10.8 Å². The van der Waals surface area contributed by atoms with Gasteiger partial charge in [0.1, 0.15) is 6.61 Å². The van der Waals surface area contributed by atoms with Crippen molar-refractivity contribution in [2.45, 2.75) is 32.9 Å². The molecule has 0 unspecified atom stereocenters. The maximum absolute atomic E-state index is 11.8. The zero-order chi connectivity index (χ0) is 16.2. The summed E-state index contributed by atoms with van der Waals surface area (Å²) in [7, 11) is 0. The normalized spacial score (nSPS) is 11.0. The van der Waals surface area contributed by atoms with Gasteiger partial charge in [-0.2, -0.15) is 5.10 Å². The Morgan fingerprint density at radius 2 is 2.00 bits per heavy atom. The third kappa shape index (κ3) is 3.16. The van der Waals surface area contributed by atoms with E-state index in [1.807, 2.05) is 10.6 Å². The first-order valence-electron chi connectivity index (χ1n) is 7.45. The number of unbranched alkanes of at least 4 members (excludes halogenated alkanes) is 1. The average molecular weight is 331 g/mol. The Labute approximate surface area is 137 Å². The molecular formula is C15H17N5O2S. The van der Waals surface area contributed by atoms with Crippen molar-refractivity contribution in [3.63, 3.8) is 0 Å². The number of ether oxygens (including phenoxy) is 1. The fourth-order valence-corrected chi connectivity index (χ4v) is 2.58. The van der Waals surface area contributed by atoms with Crippen molar-refractivity contribution in [2.75, 3.05) is 0 Å². The number of hydrogen-bond acceptors (Lipinski definition) is 5. The number of aromatic nitrogens is 5. The quantitative estimate of drug-likeness (QED) is 0.678. The number of nitrogens with zero attached hydrogens (tertiary/aromatic N) is 3. The van der Waals surface area contributed by atoms with Crippen LogP contribution in [-0.4, -0.2) is 25.0 Å². The van der Waals surface area contributed by atoms with Gasteiger partial charge in [-0.15, -0.1) is 5.10 Å². The van der Waals surface area contributed by atoms with E-state index in [0.717, 1.165) is 19.4 Å². The topological polar surface area (TPSA) is 88.6 Å². The summed E-state index contributed by atoms with van der Waals surface area (Å²) in [6.07, 6.45) is 2.08. The third-order valence-corrected chi connectivity index (χ3v) is 3.88. The summed E-state index contributed by atoms with van der Waals surface area (Å²) >= 11 is 5.24. The van der Waals surface area contributed by atoms with Crippen molar-refractivity contribution in [2.24, 2.45) is 0 Å². The molecule has 0 aliphatic carbocycles. The summed E-state index contributed by atoms with van der Waals surface area (Å²) in [5, 5.41) is 14.6. The molecule has 0 spiro atoms. The Morgan fingerprint density at radius 1 is 1.22 bits per heavy atom. The van der Waals surface area contributed by atoms with Crippen molar-refractivity contribution in [3.8, 4) is 5.88 Å². The van der Waals surface area contributed by atoms with Crippen molar-refractivity contribution >= 4 is 23.0 Å². The lowest BCUT2D eigenvalue weighted by molar-refractivity contribution is 0.277. The molecule has 120 valence electrons. The number of hydrogen-bond donors (Lipinski definition) is 2. The van der Waals surface area contributed by atoms with Gasteiger partial charge in [-0.25, -0.2) is 5.10 Å². The van der Waals surface area contributed by atoms with Crippen molar-refractivity contribution < 1.29 is 4.74 Å². The monoisotopic (exact) mass is 331 g/mol. The summed E-state index contributed by atoms with van der Waals surface area (Å²) in [5.74, 6) is 1.08. The van der Waals surface area contributed by atoms with Crippen LogP contribution < -0.4 is 10.3 Å². The molecular weight excluding hydrogens is 314 g/mol. The van der Waals surface area contributed by atoms with E-state index in [4.69, 9.17) is 17.0 Å². The molecule has 2 aromatic heterocycles. The molecule has 0 fully saturated rings. The van der Waals surface area contributed by atoms with Crippen molar-refractivity contribution in [1.82, 2.24) is 25.0 Å². The van der Waals surface area contributed by atoms with Crippen LogP contribution in [0.1, 0.15) is 25.6 Å². The fraction of sp³-hybridized carbons (Fsp3) is 0.333. The molecule has 0 aliphatic rings. The van der Waals surface area contributed by atoms with Crippen molar-refractivity contribution in [3.05, 3.63) is 45.2 Å². The Bertz CT molecular complexity index is 927. The van der Waals surface area contributed by atoms with E-state index < -0.39 is 0 Å². The van der Waals surface area contributed by atoms with Gasteiger partial charge in [-0.3, -0.25) is 9.89 Å². The molecule has 0 bridgehead atoms. The van der Waals surface area contributed by atoms with Gasteiger partial charge in [0.15, 0.2) is 10.6 Å². The SMILES string of the molecule is CCCCn1c(COc2n[nH]c(=O)c3ccccc23)n[nH]c1=S. The lowest BCUT2D eigenvalue weighted by Gasteiger charge is -2.08. The molecule has 23 heavy (non-hydrogen) atoms. The number of H-pyrrole nitrogens is 2. The first-order chi connectivity index (χ1) is 11.2. The first kappa shape index (κ1) is 15.4. The molecule has 0 aliphatic heterocycles. The Hall–Kier alpha value is -2.48. The highest BCUT2D eigenvalue weighted by molar-refractivity contribution is 7.71. The second-order valence-corrected chi connectivity index (χ2v) is 5.53. The largest absolute Gasteiger partial charge is 0.468 e. The third-order valence-electron chi connectivity index (χ3n) is 3.57. The van der Waals surface area contributed by atoms with Gasteiger partial charge < -0.3 is 9.30 Å². The molecule has 3 aromatic rings. The van der Waals surface area contributed by atoms with Gasteiger partial charge in [-0.1, -0.05) is 25.5 Å². The minimum Gasteiger partial charge on any atom is -0.468 e. The zero-order valence-electron chi connectivity index (χ0n) is 12.7. The molecule has 0 saturated carbocycles. The van der Waals surface area contributed by atoms with Crippen LogP contribution >= 0.6 is 12.2 Å². The van der Waals surface area contributed by atoms with Crippen molar-refractivity contribution in [1.29, 1.82) is 0 Å². The van der Waals surface area contributed by atoms with Crippen LogP contribution in [0, 0.1) is 4.77 Å². The van der Waals surface area contributed by atoms with Crippen LogP contribution in [0.5, 0.6) is 5.88 Å². The molecule has 0 radical (unpaired) electrons. The van der Waals surface area contributed by atoms with E-state index in [9.17, 15) is 4.79 Å². The van der Waals surface area contributed by atoms with Gasteiger partial charge >= 0.3 is 0 Å². The van der Waals surface area contributed by atoms with Crippen LogP contribution in [-0.2, 0) is 13.2 Å². The standard InChI is InChI=1S/C15H17N5O2S/c1-2-3-8-20-12(16-19-15(20)23)9-22-14-11-7-5-4-6-10(11)13(21)17-18-14/h4-7H,2-3,8-9H2,1H3,(H,17,21)(H,19,23). The molecule has 7 nitrogen and oxygen atoms in total. The predicted molar refractivity (Wildman–Crippen MR) is 89.0 cm³/mol. The molecule has 8 heteroatoms. The smallest absolute Gasteiger partial charge is 0.272 e. The lowest BCUT2D eigenvalue weighted by Crippen LogP contribution is -2.12. The molecule has 0 atom stereocenters. The summed E-state index contributed by atoms with van der Waals surface area (Å²) < 4.78 is 8.27. The number of nitrogens with one attached hydrogen (secondary N) is 2. The minimum atomic E-state index is -0.237. The second-order valence-electron chi connectivity index (χ2n) is 5.14. The van der Waals surface area contributed by atoms with Gasteiger partial charge in [0, 0.05) is 6.54 Å². The lowest BCUT2D eigenvalue weighted by atomic mass is 10.2. The van der Waals surface area contributed by atoms with E-state index >= 15 is 0 Å². The summed E-state index contributed by atoms with van der Waals surface area (Å²) in [5.41, 5.74) is -0.237. The zero-order valence-corrected chi connectivity index (χ0v) is 13.5. The number of rotatable bonds is 6. The molecule has 3 rings (SSSR count). The van der Waals surface area contributed by atoms with Gasteiger partial charge in [0.25, 0.3) is 5.56 Å². The van der Waals surface area contributed by atoms with Gasteiger partial charge in [-0.05, 0) is 30.8 Å². The van der Waals surface area contributed by atoms with Crippen LogP contribution in [0.3, 0.4) is 0 Å².